The van der Waals surface area contributed by atoms with Gasteiger partial charge in [0.05, 0.1) is 0 Å². The molecule has 0 heteroatoms. The van der Waals surface area contributed by atoms with E-state index in [2.05, 4.69) is 13.8 Å². The molecule has 1 spiro atoms. The predicted octanol–water partition coefficient (Wildman–Crippen LogP) is 1.66. The van der Waals surface area contributed by atoms with Gasteiger partial charge in [-0.1, -0.05) is 13.8 Å². The minimum absolute atomic E-state index is 0.910. The molecular weight excluding hydrogens is 84.1 g/mol. The normalized spacial score (nSPS) is 90.0. The highest BCUT2D eigenvalue weighted by atomic mass is 15.1. The fraction of sp³-hybridized carbons (Fsp3) is 1.00. The molecule has 3 aliphatic carbocycles. The molecule has 0 bridgehead atoms. The van der Waals surface area contributed by atoms with E-state index in [9.17, 15) is 0 Å². The third kappa shape index (κ3) is 0.0938. The van der Waals surface area contributed by atoms with E-state index in [-0.39, 0.29) is 0 Å². The van der Waals surface area contributed by atoms with Crippen LogP contribution >= 0.6 is 0 Å². The third-order valence-corrected chi connectivity index (χ3v) is 4.24. The zero-order valence-corrected chi connectivity index (χ0v) is 4.86. The first kappa shape index (κ1) is 3.11. The first-order chi connectivity index (χ1) is 3.24. The maximum Gasteiger partial charge on any atom is -0.0170 e. The highest BCUT2D eigenvalue weighted by Crippen LogP contribution is 3.08. The molecule has 4 unspecified atom stereocenters. The minimum atomic E-state index is 0.910. The van der Waals surface area contributed by atoms with Gasteiger partial charge in [-0.25, -0.2) is 0 Å². The van der Waals surface area contributed by atoms with E-state index in [1.54, 1.807) is 6.42 Å². The first-order valence-corrected chi connectivity index (χ1v) is 3.24. The summed E-state index contributed by atoms with van der Waals surface area (Å²) in [5.41, 5.74) is 1.89. The van der Waals surface area contributed by atoms with E-state index in [1.165, 1.54) is 5.92 Å². The quantitative estimate of drug-likeness (QED) is 0.428. The van der Waals surface area contributed by atoms with Gasteiger partial charge >= 0.3 is 0 Å². The van der Waals surface area contributed by atoms with E-state index in [0.29, 0.717) is 0 Å². The van der Waals surface area contributed by atoms with Crippen molar-refractivity contribution in [3.05, 3.63) is 0 Å². The summed E-state index contributed by atoms with van der Waals surface area (Å²) in [6.07, 6.45) is 1.59. The van der Waals surface area contributed by atoms with Crippen LogP contribution in [0.2, 0.25) is 0 Å². The number of hydrogen-bond donors (Lipinski definition) is 0. The molecule has 0 saturated heterocycles. The van der Waals surface area contributed by atoms with E-state index < -0.39 is 0 Å². The Balaban J connectivity index is 2.17. The molecule has 0 aromatic carbocycles. The molecule has 7 heavy (non-hydrogen) atoms. The van der Waals surface area contributed by atoms with Crippen LogP contribution in [-0.4, -0.2) is 0 Å². The highest BCUT2D eigenvalue weighted by molar-refractivity contribution is 5.50. The first-order valence-electron chi connectivity index (χ1n) is 3.24. The van der Waals surface area contributed by atoms with Gasteiger partial charge in [-0.05, 0) is 29.1 Å². The predicted molar refractivity (Wildman–Crippen MR) is 27.8 cm³/mol. The molecule has 0 aromatic rings. The summed E-state index contributed by atoms with van der Waals surface area (Å²) in [6.45, 7) is 4.86. The fourth-order valence-electron chi connectivity index (χ4n) is 3.11. The molecule has 0 aromatic heterocycles. The lowest BCUT2D eigenvalue weighted by molar-refractivity contribution is 0.514. The van der Waals surface area contributed by atoms with Gasteiger partial charge in [0.1, 0.15) is 0 Å². The lowest BCUT2D eigenvalue weighted by atomic mass is 10.1. The van der Waals surface area contributed by atoms with Crippen LogP contribution in [0.15, 0.2) is 0 Å². The van der Waals surface area contributed by atoms with Crippen molar-refractivity contribution in [1.82, 2.24) is 0 Å². The van der Waals surface area contributed by atoms with Crippen molar-refractivity contribution >= 4 is 0 Å². The van der Waals surface area contributed by atoms with Crippen molar-refractivity contribution in [3.63, 3.8) is 0 Å². The van der Waals surface area contributed by atoms with Gasteiger partial charge in [0, 0.05) is 0 Å². The van der Waals surface area contributed by atoms with Crippen LogP contribution in [0.25, 0.3) is 0 Å². The lowest BCUT2D eigenvalue weighted by Crippen LogP contribution is -1.91. The SMILES string of the molecule is CC1C2(C)C3CC132. The van der Waals surface area contributed by atoms with Gasteiger partial charge in [0.2, 0.25) is 0 Å². The summed E-state index contributed by atoms with van der Waals surface area (Å²) in [7, 11) is 0. The molecule has 4 atom stereocenters. The second kappa shape index (κ2) is 0.416. The van der Waals surface area contributed by atoms with Gasteiger partial charge in [0.15, 0.2) is 0 Å². The van der Waals surface area contributed by atoms with Crippen molar-refractivity contribution in [1.29, 1.82) is 0 Å². The Kier molecular flexibility index (Phi) is 0.185. The number of rotatable bonds is 0. The third-order valence-electron chi connectivity index (χ3n) is 4.24. The van der Waals surface area contributed by atoms with Crippen molar-refractivity contribution in [2.24, 2.45) is 22.7 Å². The van der Waals surface area contributed by atoms with Gasteiger partial charge in [-0.3, -0.25) is 0 Å². The van der Waals surface area contributed by atoms with Gasteiger partial charge in [-0.2, -0.15) is 0 Å². The zero-order valence-electron chi connectivity index (χ0n) is 4.86. The van der Waals surface area contributed by atoms with Crippen LogP contribution in [-0.2, 0) is 0 Å². The summed E-state index contributed by atoms with van der Waals surface area (Å²) >= 11 is 0. The smallest absolute Gasteiger partial charge is 0.0170 e. The topological polar surface area (TPSA) is 0 Å². The Morgan fingerprint density at radius 2 is 2.14 bits per heavy atom. The average molecular weight is 94.2 g/mol. The summed E-state index contributed by atoms with van der Waals surface area (Å²) < 4.78 is 0. The Labute approximate surface area is 43.9 Å². The average Bonchev–Trinajstić information content (AvgIpc) is 2.49. The van der Waals surface area contributed by atoms with Crippen molar-refractivity contribution in [2.75, 3.05) is 0 Å². The molecule has 3 fully saturated rings. The molecular formula is C7H10. The molecule has 3 saturated carbocycles. The largest absolute Gasteiger partial charge is 0.0614 e. The molecule has 0 nitrogen and oxygen atoms in total. The molecule has 0 aliphatic heterocycles. The van der Waals surface area contributed by atoms with Gasteiger partial charge in [-0.15, -0.1) is 0 Å². The van der Waals surface area contributed by atoms with Crippen LogP contribution in [0.4, 0.5) is 0 Å². The van der Waals surface area contributed by atoms with Crippen molar-refractivity contribution in [3.8, 4) is 0 Å². The minimum Gasteiger partial charge on any atom is -0.0614 e. The van der Waals surface area contributed by atoms with Crippen LogP contribution in [0, 0.1) is 22.7 Å². The Bertz CT molecular complexity index is 151. The maximum atomic E-state index is 2.45. The number of fused-ring (bicyclic) bond motifs is 1. The van der Waals surface area contributed by atoms with E-state index in [1.807, 2.05) is 0 Å². The van der Waals surface area contributed by atoms with Crippen LogP contribution < -0.4 is 0 Å². The van der Waals surface area contributed by atoms with E-state index >= 15 is 0 Å². The highest BCUT2D eigenvalue weighted by Gasteiger charge is 3.03. The van der Waals surface area contributed by atoms with Gasteiger partial charge in [0.25, 0.3) is 0 Å². The Morgan fingerprint density at radius 3 is 2.14 bits per heavy atom. The molecule has 3 aliphatic rings. The zero-order chi connectivity index (χ0) is 4.86. The maximum absolute atomic E-state index is 2.45. The van der Waals surface area contributed by atoms with Crippen LogP contribution in [0.1, 0.15) is 20.3 Å². The van der Waals surface area contributed by atoms with Crippen molar-refractivity contribution in [2.45, 2.75) is 20.3 Å². The monoisotopic (exact) mass is 94.1 g/mol. The molecule has 38 valence electrons. The van der Waals surface area contributed by atoms with E-state index in [4.69, 9.17) is 0 Å². The second-order valence-electron chi connectivity index (χ2n) is 3.80. The summed E-state index contributed by atoms with van der Waals surface area (Å²) in [5, 5.41) is 0. The molecule has 0 amide bonds. The lowest BCUT2D eigenvalue weighted by Gasteiger charge is -1.96. The number of hydrogen-bond acceptors (Lipinski definition) is 0. The standard InChI is InChI=1S/C7H10/c1-4-6(2)5-3-7(4,5)6/h4-5H,3H2,1-2H3. The van der Waals surface area contributed by atoms with Crippen LogP contribution in [0.3, 0.4) is 0 Å². The summed E-state index contributed by atoms with van der Waals surface area (Å²) in [4.78, 5) is 0. The second-order valence-corrected chi connectivity index (χ2v) is 3.80. The molecule has 0 heterocycles. The summed E-state index contributed by atoms with van der Waals surface area (Å²) in [5.74, 6) is 2.33. The molecule has 0 radical (unpaired) electrons. The Morgan fingerprint density at radius 1 is 1.57 bits per heavy atom. The molecule has 0 N–H and O–H groups in total. The Hall–Kier alpha value is 0. The van der Waals surface area contributed by atoms with Gasteiger partial charge < -0.3 is 0 Å². The summed E-state index contributed by atoms with van der Waals surface area (Å²) in [6, 6.07) is 0. The fourth-order valence-corrected chi connectivity index (χ4v) is 3.11. The van der Waals surface area contributed by atoms with Crippen molar-refractivity contribution < 1.29 is 0 Å². The molecule has 3 rings (SSSR count). The van der Waals surface area contributed by atoms with E-state index in [0.717, 1.165) is 16.7 Å². The van der Waals surface area contributed by atoms with Crippen LogP contribution in [0.5, 0.6) is 0 Å².